The Morgan fingerprint density at radius 3 is 3.12 bits per heavy atom. The average Bonchev–Trinajstić information content (AvgIpc) is 2.84. The molecule has 2 aliphatic heterocycles. The molecule has 17 heavy (non-hydrogen) atoms. The first-order valence-corrected chi connectivity index (χ1v) is 6.95. The molecule has 2 aliphatic rings. The van der Waals surface area contributed by atoms with E-state index in [0.717, 1.165) is 45.5 Å². The molecule has 2 atom stereocenters. The van der Waals surface area contributed by atoms with E-state index in [4.69, 9.17) is 4.74 Å². The Hall–Kier alpha value is -0.610. The van der Waals surface area contributed by atoms with Crippen LogP contribution in [0.3, 0.4) is 0 Å². The van der Waals surface area contributed by atoms with Gasteiger partial charge in [0.1, 0.15) is 0 Å². The number of amides is 1. The average molecular weight is 240 g/mol. The van der Waals surface area contributed by atoms with Gasteiger partial charge in [-0.3, -0.25) is 4.79 Å². The first-order valence-electron chi connectivity index (χ1n) is 6.95. The molecule has 2 rings (SSSR count). The van der Waals surface area contributed by atoms with Crippen molar-refractivity contribution in [1.82, 2.24) is 10.2 Å². The van der Waals surface area contributed by atoms with Crippen LogP contribution in [-0.4, -0.2) is 49.2 Å². The molecule has 2 saturated heterocycles. The molecule has 0 aromatic rings. The molecule has 98 valence electrons. The zero-order valence-corrected chi connectivity index (χ0v) is 10.8. The van der Waals surface area contributed by atoms with Crippen LogP contribution in [-0.2, 0) is 9.53 Å². The lowest BCUT2D eigenvalue weighted by Gasteiger charge is -2.33. The molecule has 0 aromatic carbocycles. The van der Waals surface area contributed by atoms with E-state index < -0.39 is 0 Å². The normalized spacial score (nSPS) is 29.9. The van der Waals surface area contributed by atoms with Crippen LogP contribution in [0.1, 0.15) is 39.0 Å². The summed E-state index contributed by atoms with van der Waals surface area (Å²) >= 11 is 0. The molecule has 4 heteroatoms. The summed E-state index contributed by atoms with van der Waals surface area (Å²) in [5.74, 6) is 0.283. The molecular formula is C13H24N2O2. The molecule has 2 unspecified atom stereocenters. The molecule has 0 saturated carbocycles. The van der Waals surface area contributed by atoms with Gasteiger partial charge in [-0.25, -0.2) is 0 Å². The maximum atomic E-state index is 12.0. The highest BCUT2D eigenvalue weighted by molar-refractivity contribution is 5.82. The number of carbonyl (C=O) groups is 1. The number of ether oxygens (including phenoxy) is 1. The molecule has 1 amide bonds. The van der Waals surface area contributed by atoms with E-state index in [-0.39, 0.29) is 11.9 Å². The number of nitrogens with one attached hydrogen (secondary N) is 1. The summed E-state index contributed by atoms with van der Waals surface area (Å²) in [6, 6.07) is 0.0477. The fourth-order valence-corrected chi connectivity index (χ4v) is 2.71. The van der Waals surface area contributed by atoms with Crippen LogP contribution < -0.4 is 5.32 Å². The largest absolute Gasteiger partial charge is 0.378 e. The van der Waals surface area contributed by atoms with E-state index in [2.05, 4.69) is 12.2 Å². The second-order valence-electron chi connectivity index (χ2n) is 5.02. The third-order valence-corrected chi connectivity index (χ3v) is 3.77. The summed E-state index contributed by atoms with van der Waals surface area (Å²) in [5, 5.41) is 3.26. The highest BCUT2D eigenvalue weighted by atomic mass is 16.5. The zero-order valence-electron chi connectivity index (χ0n) is 10.8. The maximum Gasteiger partial charge on any atom is 0.239 e. The van der Waals surface area contributed by atoms with E-state index in [9.17, 15) is 4.79 Å². The minimum Gasteiger partial charge on any atom is -0.378 e. The lowest BCUT2D eigenvalue weighted by atomic mass is 10.1. The van der Waals surface area contributed by atoms with Crippen molar-refractivity contribution in [3.63, 3.8) is 0 Å². The predicted molar refractivity (Wildman–Crippen MR) is 66.9 cm³/mol. The summed E-state index contributed by atoms with van der Waals surface area (Å²) in [5.41, 5.74) is 0. The van der Waals surface area contributed by atoms with Gasteiger partial charge >= 0.3 is 0 Å². The molecule has 4 nitrogen and oxygen atoms in total. The number of rotatable bonds is 5. The Morgan fingerprint density at radius 2 is 2.41 bits per heavy atom. The summed E-state index contributed by atoms with van der Waals surface area (Å²) < 4.78 is 5.60. The van der Waals surface area contributed by atoms with Crippen LogP contribution in [0.15, 0.2) is 0 Å². The van der Waals surface area contributed by atoms with Crippen molar-refractivity contribution in [1.29, 1.82) is 0 Å². The Balaban J connectivity index is 1.68. The van der Waals surface area contributed by atoms with Gasteiger partial charge in [0.05, 0.1) is 12.1 Å². The Kier molecular flexibility index (Phi) is 4.80. The Bertz CT molecular complexity index is 252. The van der Waals surface area contributed by atoms with Crippen LogP contribution in [0.5, 0.6) is 0 Å². The minimum atomic E-state index is 0.0477. The minimum absolute atomic E-state index is 0.0477. The SMILES string of the molecule is CCC1NCCN(CCCC2CCCO2)C1=O. The first-order chi connectivity index (χ1) is 8.31. The summed E-state index contributed by atoms with van der Waals surface area (Å²) in [6.45, 7) is 5.68. The van der Waals surface area contributed by atoms with Gasteiger partial charge in [0, 0.05) is 26.2 Å². The monoisotopic (exact) mass is 240 g/mol. The highest BCUT2D eigenvalue weighted by Crippen LogP contribution is 2.17. The summed E-state index contributed by atoms with van der Waals surface area (Å²) in [7, 11) is 0. The van der Waals surface area contributed by atoms with E-state index in [1.54, 1.807) is 0 Å². The van der Waals surface area contributed by atoms with Gasteiger partial charge in [0.2, 0.25) is 5.91 Å². The number of carbonyl (C=O) groups excluding carboxylic acids is 1. The van der Waals surface area contributed by atoms with Gasteiger partial charge in [0.15, 0.2) is 0 Å². The highest BCUT2D eigenvalue weighted by Gasteiger charge is 2.26. The van der Waals surface area contributed by atoms with Crippen LogP contribution in [0.4, 0.5) is 0 Å². The zero-order chi connectivity index (χ0) is 12.1. The van der Waals surface area contributed by atoms with Gasteiger partial charge in [-0.1, -0.05) is 6.92 Å². The number of nitrogens with zero attached hydrogens (tertiary/aromatic N) is 1. The molecule has 0 spiro atoms. The van der Waals surface area contributed by atoms with Gasteiger partial charge in [-0.05, 0) is 32.1 Å². The van der Waals surface area contributed by atoms with Crippen molar-refractivity contribution in [2.75, 3.05) is 26.2 Å². The molecule has 1 N–H and O–H groups in total. The fourth-order valence-electron chi connectivity index (χ4n) is 2.71. The first kappa shape index (κ1) is 12.8. The van der Waals surface area contributed by atoms with Crippen molar-refractivity contribution in [2.45, 2.75) is 51.2 Å². The van der Waals surface area contributed by atoms with Crippen molar-refractivity contribution in [3.05, 3.63) is 0 Å². The van der Waals surface area contributed by atoms with Gasteiger partial charge in [0.25, 0.3) is 0 Å². The second kappa shape index (κ2) is 6.36. The lowest BCUT2D eigenvalue weighted by Crippen LogP contribution is -2.54. The molecule has 0 bridgehead atoms. The topological polar surface area (TPSA) is 41.6 Å². The molecule has 0 aliphatic carbocycles. The fraction of sp³-hybridized carbons (Fsp3) is 0.923. The Morgan fingerprint density at radius 1 is 1.53 bits per heavy atom. The second-order valence-corrected chi connectivity index (χ2v) is 5.02. The predicted octanol–water partition coefficient (Wildman–Crippen LogP) is 1.16. The van der Waals surface area contributed by atoms with Crippen molar-refractivity contribution in [2.24, 2.45) is 0 Å². The molecule has 2 fully saturated rings. The molecular weight excluding hydrogens is 216 g/mol. The van der Waals surface area contributed by atoms with Crippen molar-refractivity contribution < 1.29 is 9.53 Å². The number of piperazine rings is 1. The summed E-state index contributed by atoms with van der Waals surface area (Å²) in [4.78, 5) is 14.0. The standard InChI is InChI=1S/C13H24N2O2/c1-2-12-13(16)15(9-7-14-12)8-3-5-11-6-4-10-17-11/h11-12,14H,2-10H2,1H3. The van der Waals surface area contributed by atoms with Crippen molar-refractivity contribution >= 4 is 5.91 Å². The van der Waals surface area contributed by atoms with Crippen LogP contribution in [0.25, 0.3) is 0 Å². The molecule has 0 radical (unpaired) electrons. The van der Waals surface area contributed by atoms with Gasteiger partial charge in [-0.15, -0.1) is 0 Å². The van der Waals surface area contributed by atoms with Gasteiger partial charge in [-0.2, -0.15) is 0 Å². The number of hydrogen-bond donors (Lipinski definition) is 1. The quantitative estimate of drug-likeness (QED) is 0.784. The van der Waals surface area contributed by atoms with Crippen LogP contribution in [0.2, 0.25) is 0 Å². The van der Waals surface area contributed by atoms with Gasteiger partial charge < -0.3 is 15.0 Å². The lowest BCUT2D eigenvalue weighted by molar-refractivity contribution is -0.135. The van der Waals surface area contributed by atoms with E-state index in [1.165, 1.54) is 12.8 Å². The maximum absolute atomic E-state index is 12.0. The summed E-state index contributed by atoms with van der Waals surface area (Å²) in [6.07, 6.45) is 5.93. The van der Waals surface area contributed by atoms with E-state index in [1.807, 2.05) is 4.90 Å². The third kappa shape index (κ3) is 3.42. The number of hydrogen-bond acceptors (Lipinski definition) is 3. The van der Waals surface area contributed by atoms with E-state index >= 15 is 0 Å². The van der Waals surface area contributed by atoms with Crippen LogP contribution in [0, 0.1) is 0 Å². The van der Waals surface area contributed by atoms with Crippen LogP contribution >= 0.6 is 0 Å². The van der Waals surface area contributed by atoms with Crippen molar-refractivity contribution in [3.8, 4) is 0 Å². The molecule has 2 heterocycles. The van der Waals surface area contributed by atoms with E-state index in [0.29, 0.717) is 6.10 Å². The Labute approximate surface area is 104 Å². The smallest absolute Gasteiger partial charge is 0.239 e. The third-order valence-electron chi connectivity index (χ3n) is 3.77. The molecule has 0 aromatic heterocycles.